The number of ether oxygens (including phenoxy) is 3. The van der Waals surface area contributed by atoms with E-state index in [-0.39, 0.29) is 5.57 Å². The molecule has 0 N–H and O–H groups in total. The van der Waals surface area contributed by atoms with E-state index in [1.165, 1.54) is 21.1 Å². The summed E-state index contributed by atoms with van der Waals surface area (Å²) in [5.41, 5.74) is 0.215. The number of rotatable bonds is 5. The molecule has 0 fully saturated rings. The molecule has 0 rings (SSSR count). The van der Waals surface area contributed by atoms with Crippen molar-refractivity contribution in [2.75, 3.05) is 14.2 Å². The molecule has 0 aliphatic heterocycles. The SMILES string of the molecule is CCC(OC)(OC)OC(=O)C(C)=C=S. The first-order chi connectivity index (χ1) is 6.55. The van der Waals surface area contributed by atoms with Crippen LogP contribution in [0.2, 0.25) is 0 Å². The Hall–Kier alpha value is -0.740. The minimum Gasteiger partial charge on any atom is -0.404 e. The van der Waals surface area contributed by atoms with Crippen LogP contribution in [0.5, 0.6) is 0 Å². The fourth-order valence-corrected chi connectivity index (χ4v) is 0.870. The lowest BCUT2D eigenvalue weighted by Crippen LogP contribution is -2.38. The summed E-state index contributed by atoms with van der Waals surface area (Å²) in [7, 11) is 2.80. The summed E-state index contributed by atoms with van der Waals surface area (Å²) in [5, 5.41) is 2.27. The second-order valence-corrected chi connectivity index (χ2v) is 2.77. The van der Waals surface area contributed by atoms with E-state index in [2.05, 4.69) is 17.2 Å². The van der Waals surface area contributed by atoms with Crippen LogP contribution in [-0.4, -0.2) is 31.2 Å². The topological polar surface area (TPSA) is 44.8 Å². The highest BCUT2D eigenvalue weighted by molar-refractivity contribution is 7.78. The summed E-state index contributed by atoms with van der Waals surface area (Å²) in [6, 6.07) is 0. The van der Waals surface area contributed by atoms with Crippen molar-refractivity contribution in [1.82, 2.24) is 0 Å². The standard InChI is InChI=1S/C9H14O4S/c1-5-9(11-3,12-4)13-8(10)7(2)6-14/h5H2,1-4H3. The van der Waals surface area contributed by atoms with E-state index < -0.39 is 11.9 Å². The van der Waals surface area contributed by atoms with Crippen LogP contribution in [0, 0.1) is 0 Å². The van der Waals surface area contributed by atoms with E-state index in [0.29, 0.717) is 6.42 Å². The second kappa shape index (κ2) is 5.88. The lowest BCUT2D eigenvalue weighted by atomic mass is 10.3. The van der Waals surface area contributed by atoms with E-state index in [1.807, 2.05) is 0 Å². The van der Waals surface area contributed by atoms with Crippen molar-refractivity contribution in [1.29, 1.82) is 0 Å². The molecule has 80 valence electrons. The maximum absolute atomic E-state index is 11.3. The van der Waals surface area contributed by atoms with Gasteiger partial charge in [0.05, 0.1) is 5.57 Å². The Morgan fingerprint density at radius 1 is 1.43 bits per heavy atom. The fraction of sp³-hybridized carbons (Fsp3) is 0.667. The molecule has 0 atom stereocenters. The molecule has 0 aromatic rings. The zero-order valence-corrected chi connectivity index (χ0v) is 9.56. The number of thiocarbonyl (C=S) groups is 1. The third-order valence-corrected chi connectivity index (χ3v) is 2.07. The Balaban J connectivity index is 4.61. The molecule has 0 aliphatic rings. The minimum absolute atomic E-state index is 0.215. The van der Waals surface area contributed by atoms with E-state index in [1.54, 1.807) is 6.92 Å². The second-order valence-electron chi connectivity index (χ2n) is 2.56. The molecule has 0 heterocycles. The zero-order chi connectivity index (χ0) is 11.2. The summed E-state index contributed by atoms with van der Waals surface area (Å²) >= 11 is 4.48. The van der Waals surface area contributed by atoms with Crippen LogP contribution in [0.1, 0.15) is 20.3 Å². The van der Waals surface area contributed by atoms with Crippen LogP contribution in [0.3, 0.4) is 0 Å². The molecule has 0 radical (unpaired) electrons. The van der Waals surface area contributed by atoms with Crippen LogP contribution >= 0.6 is 12.2 Å². The van der Waals surface area contributed by atoms with Gasteiger partial charge in [0.2, 0.25) is 0 Å². The van der Waals surface area contributed by atoms with E-state index in [4.69, 9.17) is 14.2 Å². The van der Waals surface area contributed by atoms with Gasteiger partial charge in [0.15, 0.2) is 0 Å². The molecule has 14 heavy (non-hydrogen) atoms. The lowest BCUT2D eigenvalue weighted by molar-refractivity contribution is -0.343. The first-order valence-corrected chi connectivity index (χ1v) is 4.51. The first kappa shape index (κ1) is 13.3. The summed E-state index contributed by atoms with van der Waals surface area (Å²) < 4.78 is 14.9. The quantitative estimate of drug-likeness (QED) is 0.302. The van der Waals surface area contributed by atoms with E-state index in [9.17, 15) is 4.79 Å². The van der Waals surface area contributed by atoms with Gasteiger partial charge in [-0.1, -0.05) is 6.92 Å². The van der Waals surface area contributed by atoms with Gasteiger partial charge in [-0.25, -0.2) is 4.79 Å². The third-order valence-electron chi connectivity index (χ3n) is 1.76. The normalized spacial score (nSPS) is 10.6. The predicted molar refractivity (Wildman–Crippen MR) is 54.9 cm³/mol. The Kier molecular flexibility index (Phi) is 5.57. The molecule has 0 saturated carbocycles. The smallest absolute Gasteiger partial charge is 0.346 e. The molecule has 4 nitrogen and oxygen atoms in total. The first-order valence-electron chi connectivity index (χ1n) is 4.10. The van der Waals surface area contributed by atoms with E-state index in [0.717, 1.165) is 0 Å². The van der Waals surface area contributed by atoms with Crippen molar-refractivity contribution in [3.05, 3.63) is 5.57 Å². The maximum Gasteiger partial charge on any atom is 0.346 e. The van der Waals surface area contributed by atoms with Gasteiger partial charge in [-0.3, -0.25) is 0 Å². The van der Waals surface area contributed by atoms with Crippen LogP contribution in [-0.2, 0) is 19.0 Å². The van der Waals surface area contributed by atoms with Crippen LogP contribution in [0.4, 0.5) is 0 Å². The third kappa shape index (κ3) is 3.20. The molecule has 0 saturated heterocycles. The lowest BCUT2D eigenvalue weighted by Gasteiger charge is -2.28. The number of carbonyl (C=O) groups is 1. The van der Waals surface area contributed by atoms with Crippen molar-refractivity contribution in [3.8, 4) is 0 Å². The summed E-state index contributed by atoms with van der Waals surface area (Å²) in [6.07, 6.45) is 0.385. The average Bonchev–Trinajstić information content (AvgIpc) is 2.24. The Labute approximate surface area is 88.8 Å². The number of carbonyl (C=O) groups excluding carboxylic acids is 1. The highest BCUT2D eigenvalue weighted by atomic mass is 32.1. The predicted octanol–water partition coefficient (Wildman–Crippen LogP) is 1.43. The monoisotopic (exact) mass is 218 g/mol. The van der Waals surface area contributed by atoms with Gasteiger partial charge in [0, 0.05) is 20.6 Å². The molecule has 5 heteroatoms. The van der Waals surface area contributed by atoms with Crippen molar-refractivity contribution in [2.45, 2.75) is 26.2 Å². The Bertz CT molecular complexity index is 243. The number of hydrogen-bond acceptors (Lipinski definition) is 5. The summed E-state index contributed by atoms with van der Waals surface area (Å²) in [4.78, 5) is 11.3. The van der Waals surface area contributed by atoms with Crippen molar-refractivity contribution in [3.63, 3.8) is 0 Å². The zero-order valence-electron chi connectivity index (χ0n) is 8.75. The molecule has 0 unspecified atom stereocenters. The van der Waals surface area contributed by atoms with E-state index >= 15 is 0 Å². The van der Waals surface area contributed by atoms with Gasteiger partial charge in [-0.15, -0.1) is 0 Å². The molecular weight excluding hydrogens is 204 g/mol. The maximum atomic E-state index is 11.3. The Morgan fingerprint density at radius 2 is 1.93 bits per heavy atom. The van der Waals surface area contributed by atoms with Crippen LogP contribution in [0.25, 0.3) is 0 Å². The number of hydrogen-bond donors (Lipinski definition) is 0. The summed E-state index contributed by atoms with van der Waals surface area (Å²) in [6.45, 7) is 3.29. The van der Waals surface area contributed by atoms with Crippen molar-refractivity contribution < 1.29 is 19.0 Å². The molecular formula is C9H14O4S. The van der Waals surface area contributed by atoms with Crippen LogP contribution in [0.15, 0.2) is 5.57 Å². The largest absolute Gasteiger partial charge is 0.404 e. The average molecular weight is 218 g/mol. The molecule has 0 aromatic carbocycles. The van der Waals surface area contributed by atoms with Crippen LogP contribution < -0.4 is 0 Å². The van der Waals surface area contributed by atoms with Gasteiger partial charge in [-0.2, -0.15) is 0 Å². The summed E-state index contributed by atoms with van der Waals surface area (Å²) in [5.74, 6) is -1.92. The molecule has 0 aliphatic carbocycles. The van der Waals surface area contributed by atoms with Crippen molar-refractivity contribution in [2.24, 2.45) is 0 Å². The van der Waals surface area contributed by atoms with Gasteiger partial charge in [0.25, 0.3) is 0 Å². The molecule has 0 amide bonds. The highest BCUT2D eigenvalue weighted by Crippen LogP contribution is 2.18. The number of methoxy groups -OCH3 is 2. The Morgan fingerprint density at radius 3 is 2.21 bits per heavy atom. The fourth-order valence-electron chi connectivity index (χ4n) is 0.787. The molecule has 0 spiro atoms. The van der Waals surface area contributed by atoms with Gasteiger partial charge in [-0.05, 0) is 24.2 Å². The van der Waals surface area contributed by atoms with Gasteiger partial charge in [0.1, 0.15) is 0 Å². The number of esters is 1. The highest BCUT2D eigenvalue weighted by Gasteiger charge is 2.32. The van der Waals surface area contributed by atoms with Gasteiger partial charge < -0.3 is 14.2 Å². The van der Waals surface area contributed by atoms with Crippen molar-refractivity contribution >= 4 is 23.2 Å². The minimum atomic E-state index is -1.33. The van der Waals surface area contributed by atoms with Gasteiger partial charge >= 0.3 is 11.9 Å². The molecule has 0 bridgehead atoms. The molecule has 0 aromatic heterocycles.